The number of hydrogen-bond donors (Lipinski definition) is 1. The number of hydrogen-bond acceptors (Lipinski definition) is 4. The molecule has 1 fully saturated rings. The molecule has 0 saturated carbocycles. The Labute approximate surface area is 143 Å². The Balaban J connectivity index is 1.71. The fourth-order valence-corrected chi connectivity index (χ4v) is 3.09. The Morgan fingerprint density at radius 1 is 1.08 bits per heavy atom. The van der Waals surface area contributed by atoms with E-state index in [2.05, 4.69) is 40.6 Å². The van der Waals surface area contributed by atoms with E-state index in [0.717, 1.165) is 43.1 Å². The van der Waals surface area contributed by atoms with Crippen LogP contribution in [0.15, 0.2) is 54.6 Å². The van der Waals surface area contributed by atoms with Gasteiger partial charge in [0.2, 0.25) is 0 Å². The Bertz CT molecular complexity index is 675. The molecule has 4 heteroatoms. The number of nitrogens with zero attached hydrogens (tertiary/aromatic N) is 2. The maximum atomic E-state index is 9.23. The smallest absolute Gasteiger partial charge is 0.120 e. The van der Waals surface area contributed by atoms with Crippen molar-refractivity contribution in [3.05, 3.63) is 65.7 Å². The summed E-state index contributed by atoms with van der Waals surface area (Å²) in [5.74, 6) is 0.856. The Morgan fingerprint density at radius 2 is 1.88 bits per heavy atom. The number of benzene rings is 2. The van der Waals surface area contributed by atoms with Gasteiger partial charge in [-0.05, 0) is 23.3 Å². The van der Waals surface area contributed by atoms with Gasteiger partial charge in [0.1, 0.15) is 12.4 Å². The van der Waals surface area contributed by atoms with Gasteiger partial charge < -0.3 is 10.1 Å². The highest BCUT2D eigenvalue weighted by atomic mass is 16.5. The van der Waals surface area contributed by atoms with E-state index in [4.69, 9.17) is 4.74 Å². The van der Waals surface area contributed by atoms with Crippen molar-refractivity contribution < 1.29 is 4.74 Å². The van der Waals surface area contributed by atoms with Crippen LogP contribution in [0.2, 0.25) is 0 Å². The van der Waals surface area contributed by atoms with Crippen molar-refractivity contribution in [3.8, 4) is 11.8 Å². The monoisotopic (exact) mass is 321 g/mol. The van der Waals surface area contributed by atoms with Gasteiger partial charge in [-0.3, -0.25) is 4.90 Å². The van der Waals surface area contributed by atoms with Gasteiger partial charge in [-0.25, -0.2) is 0 Å². The van der Waals surface area contributed by atoms with Crippen LogP contribution in [0.1, 0.15) is 23.6 Å². The molecular formula is C20H23N3O. The summed E-state index contributed by atoms with van der Waals surface area (Å²) in [6, 6.07) is 20.8. The summed E-state index contributed by atoms with van der Waals surface area (Å²) in [7, 11) is 0. The van der Waals surface area contributed by atoms with Gasteiger partial charge in [0, 0.05) is 32.2 Å². The van der Waals surface area contributed by atoms with Crippen LogP contribution in [0.3, 0.4) is 0 Å². The first kappa shape index (κ1) is 16.5. The minimum Gasteiger partial charge on any atom is -0.489 e. The zero-order chi connectivity index (χ0) is 16.6. The van der Waals surface area contributed by atoms with Crippen LogP contribution in [-0.2, 0) is 6.61 Å². The van der Waals surface area contributed by atoms with E-state index < -0.39 is 0 Å². The lowest BCUT2D eigenvalue weighted by molar-refractivity contribution is 0.175. The number of ether oxygens (including phenoxy) is 1. The van der Waals surface area contributed by atoms with Crippen LogP contribution in [-0.4, -0.2) is 31.1 Å². The third-order valence-corrected chi connectivity index (χ3v) is 4.37. The molecule has 0 amide bonds. The van der Waals surface area contributed by atoms with E-state index in [1.807, 2.05) is 30.3 Å². The topological polar surface area (TPSA) is 48.3 Å². The molecule has 1 atom stereocenters. The largest absolute Gasteiger partial charge is 0.489 e. The second kappa shape index (κ2) is 8.49. The summed E-state index contributed by atoms with van der Waals surface area (Å²) in [6.07, 6.45) is 0.502. The van der Waals surface area contributed by atoms with Crippen molar-refractivity contribution in [1.82, 2.24) is 10.2 Å². The van der Waals surface area contributed by atoms with Crippen LogP contribution in [0.25, 0.3) is 0 Å². The number of piperazine rings is 1. The van der Waals surface area contributed by atoms with Crippen molar-refractivity contribution in [3.63, 3.8) is 0 Å². The molecule has 2 aromatic carbocycles. The van der Waals surface area contributed by atoms with E-state index in [-0.39, 0.29) is 6.04 Å². The van der Waals surface area contributed by atoms with Gasteiger partial charge in [-0.1, -0.05) is 42.5 Å². The minimum absolute atomic E-state index is 0.136. The lowest BCUT2D eigenvalue weighted by Crippen LogP contribution is -2.45. The van der Waals surface area contributed by atoms with E-state index >= 15 is 0 Å². The highest BCUT2D eigenvalue weighted by Crippen LogP contribution is 2.27. The van der Waals surface area contributed by atoms with Crippen LogP contribution in [0.4, 0.5) is 0 Å². The van der Waals surface area contributed by atoms with E-state index in [0.29, 0.717) is 13.0 Å². The summed E-state index contributed by atoms with van der Waals surface area (Å²) < 4.78 is 5.93. The highest BCUT2D eigenvalue weighted by molar-refractivity contribution is 5.31. The normalized spacial score (nSPS) is 16.3. The first-order chi connectivity index (χ1) is 11.9. The van der Waals surface area contributed by atoms with E-state index in [1.54, 1.807) is 0 Å². The molecule has 4 nitrogen and oxygen atoms in total. The maximum Gasteiger partial charge on any atom is 0.120 e. The third-order valence-electron chi connectivity index (χ3n) is 4.37. The second-order valence-corrected chi connectivity index (χ2v) is 6.01. The van der Waals surface area contributed by atoms with Gasteiger partial charge in [-0.2, -0.15) is 5.26 Å². The first-order valence-electron chi connectivity index (χ1n) is 8.45. The summed E-state index contributed by atoms with van der Waals surface area (Å²) in [6.45, 7) is 4.46. The van der Waals surface area contributed by atoms with E-state index in [9.17, 15) is 5.26 Å². The average molecular weight is 321 g/mol. The molecule has 3 rings (SSSR count). The molecule has 1 N–H and O–H groups in total. The van der Waals surface area contributed by atoms with Crippen LogP contribution < -0.4 is 10.1 Å². The van der Waals surface area contributed by atoms with E-state index in [1.165, 1.54) is 0 Å². The lowest BCUT2D eigenvalue weighted by atomic mass is 10.0. The predicted octanol–water partition coefficient (Wildman–Crippen LogP) is 3.13. The van der Waals surface area contributed by atoms with Crippen molar-refractivity contribution in [1.29, 1.82) is 5.26 Å². The van der Waals surface area contributed by atoms with Gasteiger partial charge in [0.25, 0.3) is 0 Å². The molecule has 0 bridgehead atoms. The van der Waals surface area contributed by atoms with Gasteiger partial charge in [0.15, 0.2) is 0 Å². The molecule has 0 unspecified atom stereocenters. The molecule has 1 aliphatic rings. The molecule has 0 radical (unpaired) electrons. The second-order valence-electron chi connectivity index (χ2n) is 6.01. The Hall–Kier alpha value is -2.35. The van der Waals surface area contributed by atoms with Gasteiger partial charge in [0.05, 0.1) is 12.5 Å². The molecule has 0 spiro atoms. The molecule has 24 heavy (non-hydrogen) atoms. The zero-order valence-corrected chi connectivity index (χ0v) is 13.8. The maximum absolute atomic E-state index is 9.23. The number of rotatable bonds is 6. The number of nitriles is 1. The fourth-order valence-electron chi connectivity index (χ4n) is 3.09. The molecule has 124 valence electrons. The van der Waals surface area contributed by atoms with Crippen molar-refractivity contribution >= 4 is 0 Å². The molecular weight excluding hydrogens is 298 g/mol. The first-order valence-corrected chi connectivity index (χ1v) is 8.45. The molecule has 1 heterocycles. The van der Waals surface area contributed by atoms with Crippen LogP contribution >= 0.6 is 0 Å². The van der Waals surface area contributed by atoms with Crippen molar-refractivity contribution in [2.24, 2.45) is 0 Å². The Kier molecular flexibility index (Phi) is 5.84. The standard InChI is InChI=1S/C20H23N3O/c21-10-9-20(23-13-11-22-12-14-23)18-7-4-8-19(15-18)24-16-17-5-2-1-3-6-17/h1-8,15,20,22H,9,11-14,16H2/t20-/m1/s1. The quantitative estimate of drug-likeness (QED) is 0.888. The summed E-state index contributed by atoms with van der Waals surface area (Å²) in [5.41, 5.74) is 2.31. The zero-order valence-electron chi connectivity index (χ0n) is 13.8. The third kappa shape index (κ3) is 4.35. The minimum atomic E-state index is 0.136. The summed E-state index contributed by atoms with van der Waals surface area (Å²) in [5, 5.41) is 12.6. The van der Waals surface area contributed by atoms with Gasteiger partial charge in [-0.15, -0.1) is 0 Å². The SMILES string of the molecule is N#CC[C@H](c1cccc(OCc2ccccc2)c1)N1CCNCC1. The van der Waals surface area contributed by atoms with Crippen LogP contribution in [0, 0.1) is 11.3 Å². The van der Waals surface area contributed by atoms with Gasteiger partial charge >= 0.3 is 0 Å². The van der Waals surface area contributed by atoms with Crippen LogP contribution in [0.5, 0.6) is 5.75 Å². The fraction of sp³-hybridized carbons (Fsp3) is 0.350. The highest BCUT2D eigenvalue weighted by Gasteiger charge is 2.22. The molecule has 0 aromatic heterocycles. The summed E-state index contributed by atoms with van der Waals surface area (Å²) >= 11 is 0. The molecule has 0 aliphatic carbocycles. The van der Waals surface area contributed by atoms with Crippen molar-refractivity contribution in [2.75, 3.05) is 26.2 Å². The summed E-state index contributed by atoms with van der Waals surface area (Å²) in [4.78, 5) is 2.38. The average Bonchev–Trinajstić information content (AvgIpc) is 2.66. The molecule has 1 saturated heterocycles. The number of nitrogens with one attached hydrogen (secondary N) is 1. The lowest BCUT2D eigenvalue weighted by Gasteiger charge is -2.34. The predicted molar refractivity (Wildman–Crippen MR) is 94.6 cm³/mol. The molecule has 1 aliphatic heterocycles. The Morgan fingerprint density at radius 3 is 2.62 bits per heavy atom. The molecule has 2 aromatic rings. The van der Waals surface area contributed by atoms with Crippen molar-refractivity contribution in [2.45, 2.75) is 19.1 Å².